The molecule has 0 amide bonds. The number of hydrogen-bond acceptors (Lipinski definition) is 12. The minimum Gasteiger partial charge on any atom is -0.387 e. The number of imidazole rings is 1. The first-order valence-corrected chi connectivity index (χ1v) is 13.1. The predicted molar refractivity (Wildman–Crippen MR) is 97.0 cm³/mol. The largest absolute Gasteiger partial charge is 0.479 e. The van der Waals surface area contributed by atoms with Crippen LogP contribution in [-0.2, 0) is 27.3 Å². The molecule has 31 heavy (non-hydrogen) atoms. The zero-order chi connectivity index (χ0) is 23.2. The van der Waals surface area contributed by atoms with Crippen molar-refractivity contribution in [2.24, 2.45) is 0 Å². The highest BCUT2D eigenvalue weighted by atomic mass is 31.3. The summed E-state index contributed by atoms with van der Waals surface area (Å²) < 4.78 is 73.3. The molecule has 1 aliphatic heterocycles. The van der Waals surface area contributed by atoms with Gasteiger partial charge in [0.05, 0.1) is 12.9 Å². The summed E-state index contributed by atoms with van der Waals surface area (Å²) in [6.07, 6.45) is -3.74. The summed E-state index contributed by atoms with van der Waals surface area (Å²) in [6, 6.07) is 0. The highest BCUT2D eigenvalue weighted by Crippen LogP contribution is 2.68. The van der Waals surface area contributed by atoms with E-state index in [0.717, 1.165) is 6.33 Å². The molecule has 6 atom stereocenters. The summed E-state index contributed by atoms with van der Waals surface area (Å²) in [5.74, 6) is -2.12. The Balaban J connectivity index is 1.69. The molecule has 1 aliphatic rings. The summed E-state index contributed by atoms with van der Waals surface area (Å²) in [4.78, 5) is 30.3. The van der Waals surface area contributed by atoms with E-state index in [0.29, 0.717) is 0 Å². The Labute approximate surface area is 171 Å². The third-order valence-corrected chi connectivity index (χ3v) is 9.04. The summed E-state index contributed by atoms with van der Waals surface area (Å²) >= 11 is 0. The van der Waals surface area contributed by atoms with E-state index in [4.69, 9.17) is 10.5 Å². The van der Waals surface area contributed by atoms with E-state index in [-0.39, 0.29) is 17.0 Å². The van der Waals surface area contributed by atoms with Gasteiger partial charge in [-0.3, -0.25) is 13.7 Å². The number of fused-ring (bicyclic) bond motifs is 1. The summed E-state index contributed by atoms with van der Waals surface area (Å²) in [5.41, 5.74) is 5.98. The first-order valence-electron chi connectivity index (χ1n) is 8.12. The fourth-order valence-corrected chi connectivity index (χ4v) is 6.89. The molecule has 0 radical (unpaired) electrons. The van der Waals surface area contributed by atoms with Crippen LogP contribution in [0.1, 0.15) is 6.23 Å². The lowest BCUT2D eigenvalue weighted by Gasteiger charge is -2.19. The molecule has 2 aromatic heterocycles. The zero-order valence-electron chi connectivity index (χ0n) is 15.1. The normalized spacial score (nSPS) is 28.5. The van der Waals surface area contributed by atoms with E-state index >= 15 is 0 Å². The van der Waals surface area contributed by atoms with Gasteiger partial charge in [-0.25, -0.2) is 28.4 Å². The van der Waals surface area contributed by atoms with E-state index < -0.39 is 60.2 Å². The molecule has 0 bridgehead atoms. The number of aliphatic hydroxyl groups is 2. The van der Waals surface area contributed by atoms with Crippen LogP contribution in [0.5, 0.6) is 0 Å². The van der Waals surface area contributed by atoms with Crippen LogP contribution in [0.25, 0.3) is 11.2 Å². The molecular weight excluding hydrogens is 493 g/mol. The van der Waals surface area contributed by atoms with Crippen LogP contribution in [-0.4, -0.2) is 70.3 Å². The average molecular weight is 509 g/mol. The molecule has 6 N–H and O–H groups in total. The number of ether oxygens (including phenoxy) is 1. The second-order valence-corrected chi connectivity index (χ2v) is 11.7. The van der Waals surface area contributed by atoms with Gasteiger partial charge in [0, 0.05) is 0 Å². The van der Waals surface area contributed by atoms with Crippen molar-refractivity contribution in [2.45, 2.75) is 24.5 Å². The number of halogens is 2. The second kappa shape index (κ2) is 8.52. The van der Waals surface area contributed by atoms with Gasteiger partial charge in [-0.1, -0.05) is 0 Å². The minimum absolute atomic E-state index is 0.0366. The Morgan fingerprint density at radius 2 is 1.84 bits per heavy atom. The fraction of sp³-hybridized carbons (Fsp3) is 0.545. The Hall–Kier alpha value is -1.38. The number of anilines is 1. The lowest BCUT2D eigenvalue weighted by atomic mass is 10.1. The van der Waals surface area contributed by atoms with E-state index in [1.165, 1.54) is 10.9 Å². The Morgan fingerprint density at radius 1 is 1.16 bits per heavy atom. The quantitative estimate of drug-likeness (QED) is 0.304. The van der Waals surface area contributed by atoms with Gasteiger partial charge in [0.15, 0.2) is 23.6 Å². The summed E-state index contributed by atoms with van der Waals surface area (Å²) in [6.45, 7) is -0.963. The van der Waals surface area contributed by atoms with Crippen LogP contribution in [0.3, 0.4) is 0 Å². The second-order valence-electron chi connectivity index (χ2n) is 6.32. The lowest BCUT2D eigenvalue weighted by Crippen LogP contribution is -2.33. The zero-order valence-corrected chi connectivity index (χ0v) is 17.8. The molecule has 20 heteroatoms. The van der Waals surface area contributed by atoms with Crippen LogP contribution in [0.15, 0.2) is 12.7 Å². The highest BCUT2D eigenvalue weighted by molar-refractivity contribution is 7.74. The fourth-order valence-electron chi connectivity index (χ4n) is 2.74. The molecule has 0 spiro atoms. The van der Waals surface area contributed by atoms with Crippen LogP contribution >= 0.6 is 23.2 Å². The molecule has 0 saturated carbocycles. The molecule has 3 rings (SSSR count). The SMILES string of the molecule is Nc1ncnc2c1ncn2[C@@H]1O[C@H](COP(=O)(O)OP(=O)(O)CP(=O)(F)F)[C@@H](O)[C@H]1O. The average Bonchev–Trinajstić information content (AvgIpc) is 3.13. The van der Waals surface area contributed by atoms with Crippen molar-refractivity contribution < 1.29 is 55.7 Å². The monoisotopic (exact) mass is 509 g/mol. The van der Waals surface area contributed by atoms with Crippen molar-refractivity contribution in [1.29, 1.82) is 0 Å². The van der Waals surface area contributed by atoms with Crippen molar-refractivity contribution in [3.05, 3.63) is 12.7 Å². The number of rotatable bonds is 8. The molecule has 15 nitrogen and oxygen atoms in total. The van der Waals surface area contributed by atoms with E-state index in [9.17, 15) is 42.1 Å². The molecule has 0 aromatic carbocycles. The van der Waals surface area contributed by atoms with Gasteiger partial charge in [-0.05, 0) is 0 Å². The number of hydrogen-bond donors (Lipinski definition) is 5. The van der Waals surface area contributed by atoms with Gasteiger partial charge in [0.25, 0.3) is 0 Å². The molecule has 2 unspecified atom stereocenters. The first kappa shape index (κ1) is 24.3. The maximum absolute atomic E-state index is 12.5. The standard InChI is InChI=1S/C11H16F2N5O10P3/c12-29(13,21)4-30(22,23)28-31(24,25)26-1-5-7(19)8(20)11(27-5)18-3-17-6-9(14)15-2-16-10(6)18/h2-3,5,7-8,11,19-20H,1,4H2,(H,22,23)(H,24,25)(H2,14,15,16)/t5-,7-,8-,11-/m1/s1. The third kappa shape index (κ3) is 5.71. The number of nitrogens with zero attached hydrogens (tertiary/aromatic N) is 4. The Morgan fingerprint density at radius 3 is 2.48 bits per heavy atom. The maximum atomic E-state index is 12.5. The maximum Gasteiger partial charge on any atom is 0.479 e. The number of phosphoric ester groups is 1. The Bertz CT molecular complexity index is 1110. The van der Waals surface area contributed by atoms with E-state index in [1.807, 2.05) is 0 Å². The van der Waals surface area contributed by atoms with Crippen molar-refractivity contribution >= 4 is 40.2 Å². The van der Waals surface area contributed by atoms with E-state index in [2.05, 4.69) is 23.8 Å². The highest BCUT2D eigenvalue weighted by Gasteiger charge is 2.46. The van der Waals surface area contributed by atoms with Crippen molar-refractivity contribution in [3.8, 4) is 0 Å². The van der Waals surface area contributed by atoms with Crippen molar-refractivity contribution in [1.82, 2.24) is 19.5 Å². The van der Waals surface area contributed by atoms with Gasteiger partial charge >= 0.3 is 23.2 Å². The minimum atomic E-state index is -6.04. The van der Waals surface area contributed by atoms with Gasteiger partial charge in [0.2, 0.25) is 0 Å². The van der Waals surface area contributed by atoms with Gasteiger partial charge < -0.3 is 30.5 Å². The topological polar surface area (TPSA) is 229 Å². The number of nitrogen functional groups attached to an aromatic ring is 1. The summed E-state index contributed by atoms with van der Waals surface area (Å²) in [7, 11) is -16.9. The molecular formula is C11H16F2N5O10P3. The molecule has 0 aliphatic carbocycles. The van der Waals surface area contributed by atoms with Crippen LogP contribution < -0.4 is 5.73 Å². The lowest BCUT2D eigenvalue weighted by molar-refractivity contribution is -0.0501. The summed E-state index contributed by atoms with van der Waals surface area (Å²) in [5, 5.41) is 20.4. The predicted octanol–water partition coefficient (Wildman–Crippen LogP) is 0.436. The molecule has 1 fully saturated rings. The van der Waals surface area contributed by atoms with E-state index in [1.54, 1.807) is 0 Å². The van der Waals surface area contributed by atoms with Gasteiger partial charge in [-0.15, -0.1) is 0 Å². The van der Waals surface area contributed by atoms with Crippen molar-refractivity contribution in [2.75, 3.05) is 18.2 Å². The molecule has 1 saturated heterocycles. The van der Waals surface area contributed by atoms with Crippen molar-refractivity contribution in [3.63, 3.8) is 0 Å². The van der Waals surface area contributed by atoms with Gasteiger partial charge in [0.1, 0.15) is 30.2 Å². The van der Waals surface area contributed by atoms with Gasteiger partial charge in [-0.2, -0.15) is 8.39 Å². The van der Waals surface area contributed by atoms with Crippen LogP contribution in [0.2, 0.25) is 0 Å². The number of nitrogens with two attached hydrogens (primary N) is 1. The first-order chi connectivity index (χ1) is 14.2. The third-order valence-electron chi connectivity index (χ3n) is 3.97. The van der Waals surface area contributed by atoms with Crippen LogP contribution in [0, 0.1) is 0 Å². The molecule has 174 valence electrons. The number of aromatic nitrogens is 4. The molecule has 3 heterocycles. The smallest absolute Gasteiger partial charge is 0.387 e. The Kier molecular flexibility index (Phi) is 6.67. The number of aliphatic hydroxyl groups excluding tert-OH is 2. The number of phosphoric acid groups is 1. The molecule has 2 aromatic rings. The van der Waals surface area contributed by atoms with Crippen LogP contribution in [0.4, 0.5) is 14.2 Å².